The van der Waals surface area contributed by atoms with Crippen LogP contribution in [0.3, 0.4) is 0 Å². The van der Waals surface area contributed by atoms with Gasteiger partial charge in [0.05, 0.1) is 5.56 Å². The van der Waals surface area contributed by atoms with Crippen molar-refractivity contribution in [2.45, 2.75) is 43.8 Å². The highest BCUT2D eigenvalue weighted by Gasteiger charge is 2.39. The summed E-state index contributed by atoms with van der Waals surface area (Å²) in [5, 5.41) is 1.88. The van der Waals surface area contributed by atoms with Gasteiger partial charge in [-0.2, -0.15) is 13.2 Å². The van der Waals surface area contributed by atoms with Gasteiger partial charge in [0.25, 0.3) is 0 Å². The van der Waals surface area contributed by atoms with E-state index in [1.54, 1.807) is 6.07 Å². The van der Waals surface area contributed by atoms with Crippen LogP contribution in [0.2, 0.25) is 0 Å². The van der Waals surface area contributed by atoms with Gasteiger partial charge in [-0.25, -0.2) is 5.01 Å². The molecule has 3 rings (SSSR count). The van der Waals surface area contributed by atoms with Crippen LogP contribution in [0.15, 0.2) is 24.3 Å². The molecule has 0 aliphatic carbocycles. The summed E-state index contributed by atoms with van der Waals surface area (Å²) in [5.41, 5.74) is 0.102. The molecule has 1 aromatic carbocycles. The van der Waals surface area contributed by atoms with Crippen molar-refractivity contribution < 1.29 is 13.2 Å². The van der Waals surface area contributed by atoms with E-state index in [4.69, 9.17) is 5.84 Å². The number of likely N-dealkylation sites (tertiary alicyclic amines) is 1. The lowest BCUT2D eigenvalue weighted by Gasteiger charge is -2.48. The van der Waals surface area contributed by atoms with Crippen LogP contribution in [0.25, 0.3) is 0 Å². The molecule has 0 saturated carbocycles. The third-order valence-electron chi connectivity index (χ3n) is 6.55. The molecule has 158 valence electrons. The molecule has 0 bridgehead atoms. The number of likely N-dealkylation sites (N-methyl/N-ethyl adjacent to an activating group) is 1. The Kier molecular flexibility index (Phi) is 6.69. The van der Waals surface area contributed by atoms with Gasteiger partial charge in [-0.05, 0) is 70.3 Å². The van der Waals surface area contributed by atoms with Crippen LogP contribution < -0.4 is 5.84 Å². The zero-order valence-electron chi connectivity index (χ0n) is 17.0. The third-order valence-corrected chi connectivity index (χ3v) is 6.55. The van der Waals surface area contributed by atoms with Crippen molar-refractivity contribution in [3.8, 4) is 0 Å². The van der Waals surface area contributed by atoms with Crippen LogP contribution in [0.5, 0.6) is 0 Å². The van der Waals surface area contributed by atoms with Crippen molar-refractivity contribution in [1.29, 1.82) is 0 Å². The second-order valence-electron chi connectivity index (χ2n) is 8.79. The molecule has 2 aliphatic rings. The van der Waals surface area contributed by atoms with E-state index in [-0.39, 0.29) is 5.54 Å². The van der Waals surface area contributed by atoms with Crippen molar-refractivity contribution in [1.82, 2.24) is 14.8 Å². The first-order chi connectivity index (χ1) is 13.2. The monoisotopic (exact) mass is 398 g/mol. The van der Waals surface area contributed by atoms with Crippen LogP contribution in [-0.4, -0.2) is 67.2 Å². The smallest absolute Gasteiger partial charge is 0.306 e. The fourth-order valence-electron chi connectivity index (χ4n) is 4.89. The number of hydrogen-bond acceptors (Lipinski definition) is 4. The van der Waals surface area contributed by atoms with Gasteiger partial charge in [0.2, 0.25) is 0 Å². The fourth-order valence-corrected chi connectivity index (χ4v) is 4.89. The molecule has 4 nitrogen and oxygen atoms in total. The molecular formula is C21H33F3N4. The summed E-state index contributed by atoms with van der Waals surface area (Å²) in [5.74, 6) is 6.83. The molecule has 0 spiro atoms. The van der Waals surface area contributed by atoms with E-state index in [0.717, 1.165) is 63.6 Å². The number of rotatable bonds is 6. The van der Waals surface area contributed by atoms with Gasteiger partial charge in [0, 0.05) is 31.7 Å². The topological polar surface area (TPSA) is 35.7 Å². The lowest BCUT2D eigenvalue weighted by molar-refractivity contribution is -0.137. The molecule has 2 N–H and O–H groups in total. The Labute approximate surface area is 166 Å². The zero-order valence-corrected chi connectivity index (χ0v) is 17.0. The van der Waals surface area contributed by atoms with Crippen molar-refractivity contribution in [2.75, 3.05) is 46.8 Å². The van der Waals surface area contributed by atoms with E-state index in [2.05, 4.69) is 23.9 Å². The number of hydrazine groups is 1. The van der Waals surface area contributed by atoms with Crippen molar-refractivity contribution in [3.63, 3.8) is 0 Å². The van der Waals surface area contributed by atoms with Gasteiger partial charge in [0.15, 0.2) is 0 Å². The van der Waals surface area contributed by atoms with Crippen LogP contribution in [-0.2, 0) is 12.6 Å². The Morgan fingerprint density at radius 2 is 2.07 bits per heavy atom. The Morgan fingerprint density at radius 1 is 1.29 bits per heavy atom. The molecule has 28 heavy (non-hydrogen) atoms. The van der Waals surface area contributed by atoms with E-state index < -0.39 is 11.7 Å². The third kappa shape index (κ3) is 5.26. The lowest BCUT2D eigenvalue weighted by atomic mass is 9.82. The number of aryl methyl sites for hydroxylation is 1. The van der Waals surface area contributed by atoms with Gasteiger partial charge in [-0.15, -0.1) is 0 Å². The van der Waals surface area contributed by atoms with E-state index in [0.29, 0.717) is 12.3 Å². The number of halogens is 3. The number of nitrogens with two attached hydrogens (primary N) is 1. The number of alkyl halides is 3. The standard InChI is InChI=1S/C21H33F3N4/c1-26-12-8-18(14-26)15-27(2)20(9-4-11-28(25)16-20)10-7-17-5-3-6-19(13-17)21(22,23)24/h3,5-6,13,18H,4,7-12,14-16,25H2,1-2H3. The molecule has 2 atom stereocenters. The largest absolute Gasteiger partial charge is 0.416 e. The zero-order chi connectivity index (χ0) is 20.4. The summed E-state index contributed by atoms with van der Waals surface area (Å²) in [6.07, 6.45) is 0.426. The Balaban J connectivity index is 1.71. The summed E-state index contributed by atoms with van der Waals surface area (Å²) in [6, 6.07) is 5.75. The Bertz CT molecular complexity index is 651. The van der Waals surface area contributed by atoms with Crippen LogP contribution in [0.4, 0.5) is 13.2 Å². The van der Waals surface area contributed by atoms with E-state index in [9.17, 15) is 13.2 Å². The molecule has 1 aromatic rings. The van der Waals surface area contributed by atoms with Gasteiger partial charge >= 0.3 is 6.18 Å². The molecule has 2 unspecified atom stereocenters. The van der Waals surface area contributed by atoms with Gasteiger partial charge in [-0.1, -0.05) is 18.2 Å². The molecule has 2 saturated heterocycles. The second kappa shape index (κ2) is 8.69. The summed E-state index contributed by atoms with van der Waals surface area (Å²) in [7, 11) is 4.33. The minimum atomic E-state index is -4.29. The van der Waals surface area contributed by atoms with Gasteiger partial charge in [0.1, 0.15) is 0 Å². The van der Waals surface area contributed by atoms with Crippen LogP contribution >= 0.6 is 0 Å². The average molecular weight is 399 g/mol. The minimum Gasteiger partial charge on any atom is -0.306 e. The summed E-state index contributed by atoms with van der Waals surface area (Å²) >= 11 is 0. The first-order valence-corrected chi connectivity index (χ1v) is 10.2. The molecular weight excluding hydrogens is 365 g/mol. The Hall–Kier alpha value is -1.15. The summed E-state index contributed by atoms with van der Waals surface area (Å²) in [6.45, 7) is 4.91. The highest BCUT2D eigenvalue weighted by molar-refractivity contribution is 5.26. The second-order valence-corrected chi connectivity index (χ2v) is 8.79. The first kappa shape index (κ1) is 21.6. The van der Waals surface area contributed by atoms with Crippen molar-refractivity contribution >= 4 is 0 Å². The molecule has 0 amide bonds. The van der Waals surface area contributed by atoms with E-state index in [1.165, 1.54) is 18.6 Å². The number of benzene rings is 1. The fraction of sp³-hybridized carbons (Fsp3) is 0.714. The maximum Gasteiger partial charge on any atom is 0.416 e. The molecule has 2 heterocycles. The minimum absolute atomic E-state index is 0.0810. The predicted molar refractivity (Wildman–Crippen MR) is 106 cm³/mol. The van der Waals surface area contributed by atoms with E-state index in [1.807, 2.05) is 5.01 Å². The quantitative estimate of drug-likeness (QED) is 0.747. The maximum atomic E-state index is 13.0. The van der Waals surface area contributed by atoms with Crippen LogP contribution in [0, 0.1) is 5.92 Å². The lowest BCUT2D eigenvalue weighted by Crippen LogP contribution is -2.60. The highest BCUT2D eigenvalue weighted by Crippen LogP contribution is 2.34. The number of piperidine rings is 1. The number of hydrogen-bond donors (Lipinski definition) is 1. The van der Waals surface area contributed by atoms with Gasteiger partial charge in [-0.3, -0.25) is 10.7 Å². The van der Waals surface area contributed by atoms with E-state index >= 15 is 0 Å². The summed E-state index contributed by atoms with van der Waals surface area (Å²) in [4.78, 5) is 4.81. The molecule has 0 aromatic heterocycles. The SMILES string of the molecule is CN1CCC(CN(C)C2(CCc3cccc(C(F)(F)F)c3)CCCN(N)C2)C1. The molecule has 0 radical (unpaired) electrons. The van der Waals surface area contributed by atoms with Gasteiger partial charge < -0.3 is 4.90 Å². The van der Waals surface area contributed by atoms with Crippen LogP contribution in [0.1, 0.15) is 36.8 Å². The molecule has 2 aliphatic heterocycles. The summed E-state index contributed by atoms with van der Waals surface area (Å²) < 4.78 is 39.1. The molecule has 7 heteroatoms. The predicted octanol–water partition coefficient (Wildman–Crippen LogP) is 3.23. The van der Waals surface area contributed by atoms with Crippen molar-refractivity contribution in [3.05, 3.63) is 35.4 Å². The Morgan fingerprint density at radius 3 is 2.71 bits per heavy atom. The highest BCUT2D eigenvalue weighted by atomic mass is 19.4. The maximum absolute atomic E-state index is 13.0. The number of nitrogens with zero attached hydrogens (tertiary/aromatic N) is 3. The average Bonchev–Trinajstić information content (AvgIpc) is 3.04. The first-order valence-electron chi connectivity index (χ1n) is 10.2. The van der Waals surface area contributed by atoms with Crippen molar-refractivity contribution in [2.24, 2.45) is 11.8 Å². The normalized spacial score (nSPS) is 27.6. The molecule has 2 fully saturated rings.